The first kappa shape index (κ1) is 13.4. The van der Waals surface area contributed by atoms with E-state index in [0.717, 1.165) is 11.1 Å². The molecule has 0 bridgehead atoms. The van der Waals surface area contributed by atoms with Crippen LogP contribution in [0.1, 0.15) is 17.5 Å². The Morgan fingerprint density at radius 2 is 2.00 bits per heavy atom. The summed E-state index contributed by atoms with van der Waals surface area (Å²) in [6, 6.07) is 7.88. The van der Waals surface area contributed by atoms with Crippen molar-refractivity contribution in [1.82, 2.24) is 5.32 Å². The molecule has 0 saturated carbocycles. The second-order valence-corrected chi connectivity index (χ2v) is 4.77. The number of amides is 1. The number of ketones is 1. The van der Waals surface area contributed by atoms with E-state index in [-0.39, 0.29) is 22.8 Å². The van der Waals surface area contributed by atoms with Crippen LogP contribution in [0.25, 0.3) is 6.08 Å². The lowest BCUT2D eigenvalue weighted by molar-refractivity contribution is -0.122. The number of hydrogen-bond donors (Lipinski definition) is 1. The van der Waals surface area contributed by atoms with Gasteiger partial charge in [0, 0.05) is 0 Å². The average Bonchev–Trinajstić information content (AvgIpc) is 2.34. The molecule has 1 amide bonds. The molecular weight excluding hydrogens is 258 g/mol. The van der Waals surface area contributed by atoms with Gasteiger partial charge in [0.15, 0.2) is 5.78 Å². The molecule has 3 nitrogen and oxygen atoms in total. The summed E-state index contributed by atoms with van der Waals surface area (Å²) in [6.07, 6.45) is 5.22. The summed E-state index contributed by atoms with van der Waals surface area (Å²) in [5, 5.41) is 2.49. The molecule has 1 saturated heterocycles. The summed E-state index contributed by atoms with van der Waals surface area (Å²) in [5.74, 6) is -0.654. The Labute approximate surface area is 117 Å². The van der Waals surface area contributed by atoms with E-state index in [1.807, 2.05) is 37.3 Å². The number of carbonyl (C=O) groups excluding carboxylic acids is 2. The zero-order valence-corrected chi connectivity index (χ0v) is 11.3. The van der Waals surface area contributed by atoms with Crippen molar-refractivity contribution < 1.29 is 9.59 Å². The van der Waals surface area contributed by atoms with Crippen molar-refractivity contribution in [2.24, 2.45) is 0 Å². The van der Waals surface area contributed by atoms with E-state index in [2.05, 4.69) is 5.32 Å². The molecule has 19 heavy (non-hydrogen) atoms. The van der Waals surface area contributed by atoms with Gasteiger partial charge in [-0.25, -0.2) is 0 Å². The van der Waals surface area contributed by atoms with Crippen LogP contribution in [0.2, 0.25) is 0 Å². The smallest absolute Gasteiger partial charge is 0.259 e. The number of rotatable bonds is 2. The first-order valence-electron chi connectivity index (χ1n) is 5.89. The van der Waals surface area contributed by atoms with E-state index in [1.165, 1.54) is 6.08 Å². The topological polar surface area (TPSA) is 46.2 Å². The van der Waals surface area contributed by atoms with Crippen molar-refractivity contribution in [3.05, 3.63) is 53.1 Å². The van der Waals surface area contributed by atoms with Crippen LogP contribution in [0.15, 0.2) is 42.0 Å². The molecule has 1 aromatic carbocycles. The number of nitrogens with one attached hydrogen (secondary N) is 1. The van der Waals surface area contributed by atoms with E-state index in [9.17, 15) is 9.59 Å². The van der Waals surface area contributed by atoms with Gasteiger partial charge >= 0.3 is 0 Å². The van der Waals surface area contributed by atoms with Crippen molar-refractivity contribution in [2.75, 3.05) is 0 Å². The third-order valence-corrected chi connectivity index (χ3v) is 3.09. The van der Waals surface area contributed by atoms with Gasteiger partial charge < -0.3 is 5.32 Å². The van der Waals surface area contributed by atoms with Gasteiger partial charge in [-0.15, -0.1) is 0 Å². The van der Waals surface area contributed by atoms with E-state index < -0.39 is 5.91 Å². The molecule has 1 aromatic rings. The summed E-state index contributed by atoms with van der Waals surface area (Å²) >= 11 is 4.82. The normalized spacial score (nSPS) is 18.2. The standard InChI is InChI=1S/C15H13NO2S/c1-10-5-2-3-6-11(10)7-4-8-12-13(17)9-14(19)16-15(12)18/h2-8H,9H2,1H3,(H,16,18,19)/b7-4+,12-8+. The quantitative estimate of drug-likeness (QED) is 0.510. The summed E-state index contributed by atoms with van der Waals surface area (Å²) in [5.41, 5.74) is 2.34. The van der Waals surface area contributed by atoms with Crippen molar-refractivity contribution in [1.29, 1.82) is 0 Å². The van der Waals surface area contributed by atoms with Crippen LogP contribution in [0.3, 0.4) is 0 Å². The van der Waals surface area contributed by atoms with E-state index >= 15 is 0 Å². The Bertz CT molecular complexity index is 592. The predicted molar refractivity (Wildman–Crippen MR) is 78.7 cm³/mol. The lowest BCUT2D eigenvalue weighted by Gasteiger charge is -2.13. The number of thiocarbonyl (C=S) groups is 1. The molecule has 0 spiro atoms. The van der Waals surface area contributed by atoms with Crippen molar-refractivity contribution in [2.45, 2.75) is 13.3 Å². The Morgan fingerprint density at radius 3 is 2.68 bits per heavy atom. The Balaban J connectivity index is 2.18. The maximum atomic E-state index is 11.7. The van der Waals surface area contributed by atoms with Crippen LogP contribution in [-0.4, -0.2) is 16.7 Å². The minimum atomic E-state index is -0.421. The number of allylic oxidation sites excluding steroid dienone is 2. The largest absolute Gasteiger partial charge is 0.316 e. The summed E-state index contributed by atoms with van der Waals surface area (Å²) < 4.78 is 0. The Hall–Kier alpha value is -2.07. The third-order valence-electron chi connectivity index (χ3n) is 2.85. The van der Waals surface area contributed by atoms with Crippen LogP contribution in [0, 0.1) is 6.92 Å². The highest BCUT2D eigenvalue weighted by Gasteiger charge is 2.25. The molecule has 2 rings (SSSR count). The summed E-state index contributed by atoms with van der Waals surface area (Å²) in [7, 11) is 0. The van der Waals surface area contributed by atoms with Gasteiger partial charge in [0.2, 0.25) is 0 Å². The fourth-order valence-corrected chi connectivity index (χ4v) is 2.02. The number of hydrogen-bond acceptors (Lipinski definition) is 3. The molecule has 96 valence electrons. The monoisotopic (exact) mass is 271 g/mol. The molecule has 0 aromatic heterocycles. The van der Waals surface area contributed by atoms with Crippen molar-refractivity contribution in [3.8, 4) is 0 Å². The van der Waals surface area contributed by atoms with Crippen LogP contribution in [0.4, 0.5) is 0 Å². The maximum Gasteiger partial charge on any atom is 0.259 e. The van der Waals surface area contributed by atoms with Gasteiger partial charge in [0.1, 0.15) is 0 Å². The maximum absolute atomic E-state index is 11.7. The molecule has 0 unspecified atom stereocenters. The fourth-order valence-electron chi connectivity index (χ4n) is 1.80. The first-order chi connectivity index (χ1) is 9.08. The highest BCUT2D eigenvalue weighted by molar-refractivity contribution is 7.80. The van der Waals surface area contributed by atoms with Gasteiger partial charge in [-0.2, -0.15) is 0 Å². The summed E-state index contributed by atoms with van der Waals surface area (Å²) in [4.78, 5) is 23.6. The van der Waals surface area contributed by atoms with Crippen LogP contribution in [0.5, 0.6) is 0 Å². The molecular formula is C15H13NO2S. The average molecular weight is 271 g/mol. The van der Waals surface area contributed by atoms with Crippen LogP contribution in [-0.2, 0) is 9.59 Å². The molecule has 0 atom stereocenters. The molecule has 0 radical (unpaired) electrons. The zero-order chi connectivity index (χ0) is 13.8. The number of piperidine rings is 1. The van der Waals surface area contributed by atoms with Crippen LogP contribution >= 0.6 is 12.2 Å². The highest BCUT2D eigenvalue weighted by atomic mass is 32.1. The van der Waals surface area contributed by atoms with Crippen LogP contribution < -0.4 is 5.32 Å². The summed E-state index contributed by atoms with van der Waals surface area (Å²) in [6.45, 7) is 2.00. The Kier molecular flexibility index (Phi) is 4.02. The van der Waals surface area contributed by atoms with Gasteiger partial charge in [-0.05, 0) is 24.1 Å². The molecule has 4 heteroatoms. The number of Topliss-reactive ketones (excluding diaryl/α,β-unsaturated/α-hetero) is 1. The van der Waals surface area contributed by atoms with Gasteiger partial charge in [-0.1, -0.05) is 48.6 Å². The highest BCUT2D eigenvalue weighted by Crippen LogP contribution is 2.11. The zero-order valence-electron chi connectivity index (χ0n) is 10.5. The number of benzene rings is 1. The minimum Gasteiger partial charge on any atom is -0.316 e. The minimum absolute atomic E-state index is 0.102. The Morgan fingerprint density at radius 1 is 1.26 bits per heavy atom. The lowest BCUT2D eigenvalue weighted by Crippen LogP contribution is -2.39. The number of carbonyl (C=O) groups is 2. The first-order valence-corrected chi connectivity index (χ1v) is 6.30. The molecule has 1 heterocycles. The van der Waals surface area contributed by atoms with E-state index in [0.29, 0.717) is 0 Å². The molecule has 1 N–H and O–H groups in total. The van der Waals surface area contributed by atoms with Gasteiger partial charge in [-0.3, -0.25) is 9.59 Å². The second-order valence-electron chi connectivity index (χ2n) is 4.27. The van der Waals surface area contributed by atoms with Gasteiger partial charge in [0.25, 0.3) is 5.91 Å². The molecule has 1 fully saturated rings. The number of aryl methyl sites for hydroxylation is 1. The molecule has 0 aliphatic carbocycles. The molecule has 1 aliphatic rings. The van der Waals surface area contributed by atoms with Crippen molar-refractivity contribution in [3.63, 3.8) is 0 Å². The lowest BCUT2D eigenvalue weighted by atomic mass is 10.0. The van der Waals surface area contributed by atoms with Crippen molar-refractivity contribution >= 4 is 35.0 Å². The van der Waals surface area contributed by atoms with Gasteiger partial charge in [0.05, 0.1) is 17.0 Å². The van der Waals surface area contributed by atoms with E-state index in [4.69, 9.17) is 12.2 Å². The predicted octanol–water partition coefficient (Wildman–Crippen LogP) is 2.35. The van der Waals surface area contributed by atoms with E-state index in [1.54, 1.807) is 6.08 Å². The third kappa shape index (κ3) is 3.23. The SMILES string of the molecule is Cc1ccccc1/C=C/C=C1\C(=O)CC(=S)NC1=O. The fraction of sp³-hybridized carbons (Fsp3) is 0.133. The molecule has 1 aliphatic heterocycles. The second kappa shape index (κ2) is 5.71.